The summed E-state index contributed by atoms with van der Waals surface area (Å²) in [6.45, 7) is 21.2. The fourth-order valence-corrected chi connectivity index (χ4v) is 10.4. The van der Waals surface area contributed by atoms with Crippen molar-refractivity contribution in [1.82, 2.24) is 4.98 Å². The molecule has 5 unspecified atom stereocenters. The minimum absolute atomic E-state index is 0.0731. The number of carbonyl (C=O) groups is 4. The first kappa shape index (κ1) is 51.7. The third kappa shape index (κ3) is 13.2. The van der Waals surface area contributed by atoms with Crippen LogP contribution in [0.2, 0.25) is 10.0 Å². The lowest BCUT2D eigenvalue weighted by Crippen LogP contribution is -2.38. The summed E-state index contributed by atoms with van der Waals surface area (Å²) in [7, 11) is 0. The molecule has 2 aromatic carbocycles. The molecule has 11 nitrogen and oxygen atoms in total. The number of aromatic amines is 1. The maximum Gasteiger partial charge on any atom is 0.342 e. The molecule has 0 amide bonds. The van der Waals surface area contributed by atoms with Gasteiger partial charge in [-0.2, -0.15) is 0 Å². The molecule has 2 fully saturated rings. The molecule has 0 aliphatic heterocycles. The molecule has 0 saturated heterocycles. The van der Waals surface area contributed by atoms with Gasteiger partial charge >= 0.3 is 17.9 Å². The van der Waals surface area contributed by atoms with Crippen molar-refractivity contribution in [2.24, 2.45) is 47.2 Å². The van der Waals surface area contributed by atoms with Crippen LogP contribution in [0, 0.1) is 41.4 Å². The number of halogens is 2. The van der Waals surface area contributed by atoms with E-state index in [4.69, 9.17) is 48.9 Å². The molecule has 356 valence electrons. The zero-order chi connectivity index (χ0) is 48.4. The number of benzene rings is 2. The Morgan fingerprint density at radius 3 is 1.71 bits per heavy atom. The summed E-state index contributed by atoms with van der Waals surface area (Å²) in [4.78, 5) is 52.7. The lowest BCUT2D eigenvalue weighted by molar-refractivity contribution is -0.152. The largest absolute Gasteiger partial charge is 0.498 e. The predicted molar refractivity (Wildman–Crippen MR) is 262 cm³/mol. The molecule has 13 heteroatoms. The molecule has 3 aromatic rings. The number of ether oxygens (including phenoxy) is 4. The first-order valence-electron chi connectivity index (χ1n) is 23.1. The van der Waals surface area contributed by atoms with Crippen LogP contribution in [0.1, 0.15) is 110 Å². The highest BCUT2D eigenvalue weighted by Crippen LogP contribution is 2.44. The van der Waals surface area contributed by atoms with E-state index in [0.29, 0.717) is 93.6 Å². The Morgan fingerprint density at radius 2 is 1.21 bits per heavy atom. The average Bonchev–Trinajstić information content (AvgIpc) is 3.82. The third-order valence-electron chi connectivity index (χ3n) is 12.8. The van der Waals surface area contributed by atoms with Gasteiger partial charge in [-0.25, -0.2) is 9.59 Å². The smallest absolute Gasteiger partial charge is 0.342 e. The zero-order valence-corrected chi connectivity index (χ0v) is 41.1. The molecule has 2 saturated carbocycles. The summed E-state index contributed by atoms with van der Waals surface area (Å²) in [6, 6.07) is 14.6. The Labute approximate surface area is 400 Å². The highest BCUT2D eigenvalue weighted by Gasteiger charge is 2.41. The van der Waals surface area contributed by atoms with Crippen molar-refractivity contribution in [3.05, 3.63) is 117 Å². The molecule has 0 spiro atoms. The number of ketones is 1. The van der Waals surface area contributed by atoms with E-state index in [1.54, 1.807) is 37.4 Å². The molecule has 7 rings (SSSR count). The number of esters is 3. The predicted octanol–water partition coefficient (Wildman–Crippen LogP) is 11.7. The van der Waals surface area contributed by atoms with Crippen LogP contribution < -0.4 is 11.5 Å². The van der Waals surface area contributed by atoms with Crippen LogP contribution in [0.4, 0.5) is 5.82 Å². The number of anilines is 1. The number of hydrogen-bond donors (Lipinski definition) is 3. The Bertz CT molecular complexity index is 2270. The van der Waals surface area contributed by atoms with Crippen LogP contribution in [-0.4, -0.2) is 54.1 Å². The van der Waals surface area contributed by atoms with Gasteiger partial charge in [-0.15, -0.1) is 0 Å². The number of H-pyrrole nitrogens is 1. The average molecular weight is 945 g/mol. The van der Waals surface area contributed by atoms with Gasteiger partial charge in [-0.1, -0.05) is 102 Å². The number of carbonyl (C=O) groups excluding carboxylic acids is 4. The molecule has 5 N–H and O–H groups in total. The van der Waals surface area contributed by atoms with E-state index in [2.05, 4.69) is 57.8 Å². The van der Waals surface area contributed by atoms with Crippen LogP contribution in [-0.2, 0) is 33.3 Å². The second-order valence-corrected chi connectivity index (χ2v) is 19.4. The van der Waals surface area contributed by atoms with Crippen LogP contribution in [0.3, 0.4) is 0 Å². The normalized spacial score (nSPS) is 25.7. The highest BCUT2D eigenvalue weighted by atomic mass is 35.5. The fraction of sp³-hybridized carbons (Fsp3) is 0.472. The zero-order valence-electron chi connectivity index (χ0n) is 39.6. The maximum absolute atomic E-state index is 13.5. The molecule has 66 heavy (non-hydrogen) atoms. The number of fused-ring (bicyclic) bond motifs is 1. The number of nitrogens with one attached hydrogen (secondary N) is 1. The van der Waals surface area contributed by atoms with Crippen molar-refractivity contribution in [2.45, 2.75) is 106 Å². The van der Waals surface area contributed by atoms with E-state index < -0.39 is 5.92 Å². The Kier molecular flexibility index (Phi) is 18.4. The first-order valence-corrected chi connectivity index (χ1v) is 23.9. The van der Waals surface area contributed by atoms with Crippen LogP contribution in [0.25, 0.3) is 16.7 Å². The van der Waals surface area contributed by atoms with Crippen LogP contribution in [0.15, 0.2) is 96.1 Å². The van der Waals surface area contributed by atoms with Crippen LogP contribution in [0.5, 0.6) is 0 Å². The van der Waals surface area contributed by atoms with E-state index in [1.165, 1.54) is 6.08 Å². The lowest BCUT2D eigenvalue weighted by atomic mass is 9.75. The molecule has 5 atom stereocenters. The topological polar surface area (TPSA) is 173 Å². The van der Waals surface area contributed by atoms with Gasteiger partial charge in [0.25, 0.3) is 0 Å². The van der Waals surface area contributed by atoms with Gasteiger partial charge in [0.15, 0.2) is 5.78 Å². The molecule has 1 aromatic heterocycles. The maximum atomic E-state index is 13.5. The van der Waals surface area contributed by atoms with Gasteiger partial charge in [0, 0.05) is 40.0 Å². The van der Waals surface area contributed by atoms with Gasteiger partial charge < -0.3 is 35.4 Å². The summed E-state index contributed by atoms with van der Waals surface area (Å²) >= 11 is 12.0. The van der Waals surface area contributed by atoms with Crippen molar-refractivity contribution < 1.29 is 38.1 Å². The molecule has 1 heterocycles. The molecule has 4 aliphatic rings. The number of nitrogen functional groups attached to an aromatic ring is 1. The minimum atomic E-state index is -0.452. The monoisotopic (exact) mass is 943 g/mol. The number of hydrogen-bond acceptors (Lipinski definition) is 10. The Hall–Kier alpha value is -5.26. The van der Waals surface area contributed by atoms with Gasteiger partial charge in [0.1, 0.15) is 30.0 Å². The summed E-state index contributed by atoms with van der Waals surface area (Å²) in [5, 5.41) is 1.27. The van der Waals surface area contributed by atoms with Crippen LogP contribution >= 0.6 is 23.2 Å². The van der Waals surface area contributed by atoms with Gasteiger partial charge in [-0.3, -0.25) is 9.59 Å². The number of allylic oxidation sites excluding steroid dienone is 3. The van der Waals surface area contributed by atoms with E-state index in [1.807, 2.05) is 37.3 Å². The van der Waals surface area contributed by atoms with Crippen molar-refractivity contribution >= 4 is 58.3 Å². The highest BCUT2D eigenvalue weighted by molar-refractivity contribution is 6.31. The first-order chi connectivity index (χ1) is 31.3. The molecule has 0 radical (unpaired) electrons. The minimum Gasteiger partial charge on any atom is -0.498 e. The van der Waals surface area contributed by atoms with Gasteiger partial charge in [0.2, 0.25) is 0 Å². The molecule has 4 aliphatic carbocycles. The summed E-state index contributed by atoms with van der Waals surface area (Å²) in [5.41, 5.74) is 17.3. The van der Waals surface area contributed by atoms with E-state index in [9.17, 15) is 19.2 Å². The van der Waals surface area contributed by atoms with E-state index in [0.717, 1.165) is 53.5 Å². The number of nitrogens with two attached hydrogens (primary N) is 2. The van der Waals surface area contributed by atoms with Crippen molar-refractivity contribution in [3.63, 3.8) is 0 Å². The number of aromatic nitrogens is 1. The number of rotatable bonds is 11. The molecular formula is C53H67Cl2N3O8. The van der Waals surface area contributed by atoms with Crippen molar-refractivity contribution in [3.8, 4) is 11.1 Å². The fourth-order valence-electron chi connectivity index (χ4n) is 10.1. The third-order valence-corrected chi connectivity index (χ3v) is 13.3. The van der Waals surface area contributed by atoms with Crippen molar-refractivity contribution in [1.29, 1.82) is 0 Å². The summed E-state index contributed by atoms with van der Waals surface area (Å²) in [5.74, 6) is 1.86. The summed E-state index contributed by atoms with van der Waals surface area (Å²) < 4.78 is 21.7. The van der Waals surface area contributed by atoms with Gasteiger partial charge in [-0.05, 0) is 122 Å². The summed E-state index contributed by atoms with van der Waals surface area (Å²) in [6.07, 6.45) is 9.70. The standard InChI is InChI=1S/C25H28ClNO3.C20H25ClN2O2.C8H14O3/c1-13-8-14(2)24(15(3)9-13)30-25(29)23-19(16-4-6-17(26)7-5-16)12-20-21(23)10-18(27)11-22(20)28;1-11-8-12(2)18(13(3)9-11)25-20(24)17-16(10-23-19(17)22)14-4-6-15(21)7-5-14;1-4-10-7(3)6-8(9)11-5-2/h4-7,11-15,20,24H,8-10,27H2,1-3H3;4-7,10-13,18,23H,8-9,22H2,1-3H3;3-6H2,1-2H3. The quantitative estimate of drug-likeness (QED) is 0.0954. The van der Waals surface area contributed by atoms with Crippen molar-refractivity contribution in [2.75, 3.05) is 18.9 Å². The Balaban J connectivity index is 0.000000205. The van der Waals surface area contributed by atoms with E-state index >= 15 is 0 Å². The van der Waals surface area contributed by atoms with E-state index in [-0.39, 0.29) is 42.3 Å². The van der Waals surface area contributed by atoms with Gasteiger partial charge in [0.05, 0.1) is 30.5 Å². The second-order valence-electron chi connectivity index (χ2n) is 18.5. The lowest BCUT2D eigenvalue weighted by Gasteiger charge is -2.37. The SMILES string of the molecule is C=C(CC(=O)OCC)OCC.CC1CC(C)C(OC(=O)C2=C3CC(N)=CC(=O)C3C=C2c2ccc(Cl)cc2)C(C)C1.CC1CC(C)C(OC(=O)c2c(-c3ccc(Cl)cc3)c[nH]c2N)C(C)C1. The molecular weight excluding hydrogens is 878 g/mol. The second kappa shape index (κ2) is 23.5. The Morgan fingerprint density at radius 1 is 0.727 bits per heavy atom. The molecule has 0 bridgehead atoms.